The van der Waals surface area contributed by atoms with Crippen molar-refractivity contribution in [2.45, 2.75) is 103 Å². The molecule has 29 heavy (non-hydrogen) atoms. The van der Waals surface area contributed by atoms with Gasteiger partial charge in [-0.3, -0.25) is 9.59 Å². The smallest absolute Gasteiger partial charge is 0.305 e. The normalized spacial score (nSPS) is 45.5. The van der Waals surface area contributed by atoms with Crippen LogP contribution in [0.3, 0.4) is 0 Å². The molecular formula is C25H40O4. The Morgan fingerprint density at radius 1 is 1.21 bits per heavy atom. The number of fused-ring (bicyclic) bond motifs is 3. The molecule has 0 N–H and O–H groups in total. The molecule has 164 valence electrons. The third-order valence-electron chi connectivity index (χ3n) is 9.39. The predicted molar refractivity (Wildman–Crippen MR) is 112 cm³/mol. The third-order valence-corrected chi connectivity index (χ3v) is 9.39. The van der Waals surface area contributed by atoms with E-state index < -0.39 is 5.60 Å². The summed E-state index contributed by atoms with van der Waals surface area (Å²) in [5, 5.41) is 0. The van der Waals surface area contributed by atoms with E-state index in [0.717, 1.165) is 38.5 Å². The highest BCUT2D eigenvalue weighted by atomic mass is 16.5. The largest absolute Gasteiger partial charge is 0.469 e. The van der Waals surface area contributed by atoms with Gasteiger partial charge in [-0.15, -0.1) is 0 Å². The molecular weight excluding hydrogens is 364 g/mol. The van der Waals surface area contributed by atoms with Crippen molar-refractivity contribution in [1.29, 1.82) is 0 Å². The Morgan fingerprint density at radius 2 is 1.97 bits per heavy atom. The standard InChI is InChI=1S/C25H40O4/c1-16-7-9-21-20-11-10-19(17(2)8-12-23(27)28-4)24(20,3)15-22(26)25(21)13-5-6-18(14-16)29-25/h16-21H,5-15H2,1-4H3/t16-,17+,18+,19+,20-,21-,24-,25-/m0/s1. The molecule has 1 spiro atoms. The summed E-state index contributed by atoms with van der Waals surface area (Å²) in [5.74, 6) is 2.89. The Labute approximate surface area is 176 Å². The van der Waals surface area contributed by atoms with Crippen molar-refractivity contribution in [2.24, 2.45) is 35.0 Å². The number of hydrogen-bond donors (Lipinski definition) is 0. The zero-order valence-electron chi connectivity index (χ0n) is 18.9. The van der Waals surface area contributed by atoms with Gasteiger partial charge in [-0.05, 0) is 86.4 Å². The first kappa shape index (κ1) is 21.3. The van der Waals surface area contributed by atoms with E-state index in [1.807, 2.05) is 0 Å². The molecule has 0 aromatic heterocycles. The highest BCUT2D eigenvalue weighted by molar-refractivity contribution is 5.89. The molecule has 0 radical (unpaired) electrons. The Bertz CT molecular complexity index is 645. The van der Waals surface area contributed by atoms with Crippen molar-refractivity contribution in [3.05, 3.63) is 0 Å². The van der Waals surface area contributed by atoms with E-state index in [0.29, 0.717) is 48.2 Å². The maximum absolute atomic E-state index is 13.7. The molecule has 0 unspecified atom stereocenters. The number of carbonyl (C=O) groups excluding carboxylic acids is 2. The van der Waals surface area contributed by atoms with Gasteiger partial charge in [-0.25, -0.2) is 0 Å². The van der Waals surface area contributed by atoms with Crippen LogP contribution in [0.4, 0.5) is 0 Å². The third kappa shape index (κ3) is 3.58. The van der Waals surface area contributed by atoms with Crippen LogP contribution >= 0.6 is 0 Å². The van der Waals surface area contributed by atoms with E-state index in [-0.39, 0.29) is 17.5 Å². The van der Waals surface area contributed by atoms with Gasteiger partial charge in [0.2, 0.25) is 0 Å². The molecule has 2 aliphatic heterocycles. The minimum absolute atomic E-state index is 0.0568. The molecule has 4 heteroatoms. The van der Waals surface area contributed by atoms with Crippen molar-refractivity contribution in [2.75, 3.05) is 7.11 Å². The minimum atomic E-state index is -0.489. The van der Waals surface area contributed by atoms with Crippen LogP contribution in [-0.2, 0) is 19.1 Å². The molecule has 8 atom stereocenters. The van der Waals surface area contributed by atoms with Gasteiger partial charge in [0.1, 0.15) is 5.60 Å². The fourth-order valence-electron chi connectivity index (χ4n) is 7.94. The fourth-order valence-corrected chi connectivity index (χ4v) is 7.94. The number of esters is 1. The number of hydrogen-bond acceptors (Lipinski definition) is 4. The monoisotopic (exact) mass is 404 g/mol. The maximum atomic E-state index is 13.7. The number of methoxy groups -OCH3 is 1. The molecule has 4 aliphatic rings. The van der Waals surface area contributed by atoms with Gasteiger partial charge < -0.3 is 9.47 Å². The SMILES string of the molecule is COC(=O)CC[C@@H](C)[C@H]1CC[C@H]2[C@@H]3CC[C@H](C)C[C@H]4CCC[C@@]3(O4)C(=O)C[C@@]12C. The van der Waals surface area contributed by atoms with Gasteiger partial charge in [0.05, 0.1) is 13.2 Å². The van der Waals surface area contributed by atoms with Crippen LogP contribution in [-0.4, -0.2) is 30.6 Å². The summed E-state index contributed by atoms with van der Waals surface area (Å²) in [4.78, 5) is 25.4. The molecule has 2 bridgehead atoms. The lowest BCUT2D eigenvalue weighted by Crippen LogP contribution is -2.62. The molecule has 2 heterocycles. The van der Waals surface area contributed by atoms with E-state index >= 15 is 0 Å². The van der Waals surface area contributed by atoms with Gasteiger partial charge in [-0.1, -0.05) is 27.2 Å². The topological polar surface area (TPSA) is 52.6 Å². The van der Waals surface area contributed by atoms with Crippen LogP contribution in [0.25, 0.3) is 0 Å². The summed E-state index contributed by atoms with van der Waals surface area (Å²) in [6.45, 7) is 7.03. The van der Waals surface area contributed by atoms with E-state index in [1.165, 1.54) is 26.4 Å². The van der Waals surface area contributed by atoms with E-state index in [4.69, 9.17) is 9.47 Å². The highest BCUT2D eigenvalue weighted by Gasteiger charge is 2.64. The summed E-state index contributed by atoms with van der Waals surface area (Å²) >= 11 is 0. The van der Waals surface area contributed by atoms with Crippen LogP contribution in [0.5, 0.6) is 0 Å². The number of Topliss-reactive ketones (excluding diaryl/α,β-unsaturated/α-hetero) is 1. The van der Waals surface area contributed by atoms with Crippen LogP contribution in [0.1, 0.15) is 91.4 Å². The molecule has 4 nitrogen and oxygen atoms in total. The number of ketones is 1. The summed E-state index contributed by atoms with van der Waals surface area (Å²) in [7, 11) is 1.46. The number of ether oxygens (including phenoxy) is 2. The second kappa shape index (κ2) is 7.98. The molecule has 2 saturated carbocycles. The predicted octanol–water partition coefficient (Wildman–Crippen LogP) is 5.33. The summed E-state index contributed by atoms with van der Waals surface area (Å²) < 4.78 is 11.6. The second-order valence-corrected chi connectivity index (χ2v) is 11.0. The van der Waals surface area contributed by atoms with Crippen molar-refractivity contribution in [3.63, 3.8) is 0 Å². The first-order valence-electron chi connectivity index (χ1n) is 12.1. The van der Waals surface area contributed by atoms with E-state index in [9.17, 15) is 9.59 Å². The van der Waals surface area contributed by atoms with Gasteiger partial charge in [-0.2, -0.15) is 0 Å². The zero-order chi connectivity index (χ0) is 20.8. The number of rotatable bonds is 4. The lowest BCUT2D eigenvalue weighted by Gasteiger charge is -2.57. The molecule has 0 aromatic rings. The van der Waals surface area contributed by atoms with Crippen molar-refractivity contribution in [3.8, 4) is 0 Å². The summed E-state index contributed by atoms with van der Waals surface area (Å²) in [6, 6.07) is 0. The lowest BCUT2D eigenvalue weighted by atomic mass is 9.52. The summed E-state index contributed by atoms with van der Waals surface area (Å²) in [6.07, 6.45) is 11.4. The molecule has 0 aromatic carbocycles. The van der Waals surface area contributed by atoms with E-state index in [2.05, 4.69) is 20.8 Å². The second-order valence-electron chi connectivity index (χ2n) is 11.0. The van der Waals surface area contributed by atoms with Gasteiger partial charge in [0, 0.05) is 12.8 Å². The quantitative estimate of drug-likeness (QED) is 0.595. The van der Waals surface area contributed by atoms with Crippen LogP contribution < -0.4 is 0 Å². The minimum Gasteiger partial charge on any atom is -0.469 e. The van der Waals surface area contributed by atoms with Gasteiger partial charge in [0.25, 0.3) is 0 Å². The van der Waals surface area contributed by atoms with Crippen LogP contribution in [0.2, 0.25) is 0 Å². The van der Waals surface area contributed by atoms with Crippen LogP contribution in [0, 0.1) is 35.0 Å². The Kier molecular flexibility index (Phi) is 5.87. The maximum Gasteiger partial charge on any atom is 0.305 e. The average molecular weight is 405 g/mol. The zero-order valence-corrected chi connectivity index (χ0v) is 18.9. The van der Waals surface area contributed by atoms with Crippen LogP contribution in [0.15, 0.2) is 0 Å². The van der Waals surface area contributed by atoms with Gasteiger partial charge >= 0.3 is 5.97 Å². The highest BCUT2D eigenvalue weighted by Crippen LogP contribution is 2.64. The Morgan fingerprint density at radius 3 is 2.72 bits per heavy atom. The molecule has 0 amide bonds. The lowest BCUT2D eigenvalue weighted by molar-refractivity contribution is -0.213. The molecule has 4 fully saturated rings. The number of carbonyl (C=O) groups is 2. The molecule has 2 aliphatic carbocycles. The fraction of sp³-hybridized carbons (Fsp3) is 0.920. The summed E-state index contributed by atoms with van der Waals surface area (Å²) in [5.41, 5.74) is -0.432. The first-order valence-corrected chi connectivity index (χ1v) is 12.1. The van der Waals surface area contributed by atoms with Crippen molar-refractivity contribution < 1.29 is 19.1 Å². The van der Waals surface area contributed by atoms with Crippen molar-refractivity contribution in [1.82, 2.24) is 0 Å². The molecule has 2 saturated heterocycles. The average Bonchev–Trinajstić information content (AvgIpc) is 3.02. The van der Waals surface area contributed by atoms with Gasteiger partial charge in [0.15, 0.2) is 5.78 Å². The Balaban J connectivity index is 1.59. The Hall–Kier alpha value is -0.900. The van der Waals surface area contributed by atoms with E-state index in [1.54, 1.807) is 0 Å². The first-order chi connectivity index (χ1) is 13.8. The molecule has 4 rings (SSSR count). The van der Waals surface area contributed by atoms with Crippen molar-refractivity contribution >= 4 is 11.8 Å².